The summed E-state index contributed by atoms with van der Waals surface area (Å²) in [4.78, 5) is 4.69. The molecule has 5 nitrogen and oxygen atoms in total. The number of benzene rings is 1. The highest BCUT2D eigenvalue weighted by Gasteiger charge is 2.22. The van der Waals surface area contributed by atoms with Crippen molar-refractivity contribution in [2.75, 3.05) is 7.11 Å². The van der Waals surface area contributed by atoms with E-state index in [1.807, 2.05) is 25.2 Å². The van der Waals surface area contributed by atoms with E-state index in [4.69, 9.17) is 10.6 Å². The first-order valence-electron chi connectivity index (χ1n) is 7.10. The number of ether oxygens (including phenoxy) is 1. The molecule has 0 radical (unpaired) electrons. The molecule has 0 aliphatic carbocycles. The molecule has 5 heteroatoms. The van der Waals surface area contributed by atoms with Crippen LogP contribution in [-0.4, -0.2) is 28.8 Å². The summed E-state index contributed by atoms with van der Waals surface area (Å²) in [5.74, 6) is 6.73. The van der Waals surface area contributed by atoms with E-state index in [-0.39, 0.29) is 12.1 Å². The summed E-state index contributed by atoms with van der Waals surface area (Å²) in [6.45, 7) is 2.15. The third kappa shape index (κ3) is 3.00. The lowest BCUT2D eigenvalue weighted by Gasteiger charge is -2.24. The van der Waals surface area contributed by atoms with Crippen LogP contribution in [0.25, 0.3) is 11.0 Å². The molecular formula is C15H24N4O. The quantitative estimate of drug-likeness (QED) is 0.597. The molecule has 0 saturated heterocycles. The number of nitrogens with two attached hydrogens (primary N) is 1. The van der Waals surface area contributed by atoms with Crippen LogP contribution in [0, 0.1) is 0 Å². The van der Waals surface area contributed by atoms with E-state index < -0.39 is 0 Å². The zero-order valence-corrected chi connectivity index (χ0v) is 12.5. The lowest BCUT2D eigenvalue weighted by Crippen LogP contribution is -2.46. The van der Waals surface area contributed by atoms with Crippen LogP contribution in [0.1, 0.15) is 25.6 Å². The van der Waals surface area contributed by atoms with Crippen molar-refractivity contribution in [3.8, 4) is 0 Å². The van der Waals surface area contributed by atoms with E-state index in [2.05, 4.69) is 28.0 Å². The molecule has 0 aliphatic heterocycles. The maximum Gasteiger partial charge on any atom is 0.111 e. The minimum Gasteiger partial charge on any atom is -0.380 e. The highest BCUT2D eigenvalue weighted by atomic mass is 16.5. The molecule has 2 aromatic rings. The van der Waals surface area contributed by atoms with Gasteiger partial charge in [0.1, 0.15) is 5.82 Å². The monoisotopic (exact) mass is 276 g/mol. The van der Waals surface area contributed by atoms with Crippen molar-refractivity contribution in [2.45, 2.75) is 38.3 Å². The molecule has 3 N–H and O–H groups in total. The molecular weight excluding hydrogens is 252 g/mol. The van der Waals surface area contributed by atoms with Gasteiger partial charge in [0, 0.05) is 20.6 Å². The Morgan fingerprint density at radius 1 is 1.40 bits per heavy atom. The van der Waals surface area contributed by atoms with Crippen molar-refractivity contribution in [3.05, 3.63) is 30.1 Å². The van der Waals surface area contributed by atoms with Crippen molar-refractivity contribution in [1.82, 2.24) is 15.0 Å². The standard InChI is InChI=1S/C15H24N4O/c1-4-7-14(20-3)12(18-16)10-15-17-11-8-5-6-9-13(11)19(15)2/h5-6,8-9,12,14,18H,4,7,10,16H2,1-3H3. The van der Waals surface area contributed by atoms with E-state index in [0.29, 0.717) is 0 Å². The number of nitrogens with zero attached hydrogens (tertiary/aromatic N) is 2. The summed E-state index contributed by atoms with van der Waals surface area (Å²) in [5.41, 5.74) is 5.04. The fraction of sp³-hybridized carbons (Fsp3) is 0.533. The number of nitrogens with one attached hydrogen (secondary N) is 1. The van der Waals surface area contributed by atoms with E-state index in [9.17, 15) is 0 Å². The number of hydrogen-bond acceptors (Lipinski definition) is 4. The third-order valence-corrected chi connectivity index (χ3v) is 3.82. The Hall–Kier alpha value is -1.43. The number of aromatic nitrogens is 2. The van der Waals surface area contributed by atoms with Crippen molar-refractivity contribution < 1.29 is 4.74 Å². The van der Waals surface area contributed by atoms with E-state index >= 15 is 0 Å². The molecule has 0 amide bonds. The first-order valence-corrected chi connectivity index (χ1v) is 7.10. The van der Waals surface area contributed by atoms with E-state index in [0.717, 1.165) is 36.1 Å². The van der Waals surface area contributed by atoms with E-state index in [1.165, 1.54) is 0 Å². The van der Waals surface area contributed by atoms with Gasteiger partial charge in [0.05, 0.1) is 23.2 Å². The summed E-state index contributed by atoms with van der Waals surface area (Å²) in [6.07, 6.45) is 2.90. The molecule has 1 heterocycles. The smallest absolute Gasteiger partial charge is 0.111 e. The second-order valence-electron chi connectivity index (χ2n) is 5.12. The minimum atomic E-state index is 0.0652. The van der Waals surface area contributed by atoms with Crippen molar-refractivity contribution in [1.29, 1.82) is 0 Å². The van der Waals surface area contributed by atoms with Gasteiger partial charge in [0.15, 0.2) is 0 Å². The summed E-state index contributed by atoms with van der Waals surface area (Å²) in [5, 5.41) is 0. The average Bonchev–Trinajstić information content (AvgIpc) is 2.79. The van der Waals surface area contributed by atoms with Gasteiger partial charge in [0.25, 0.3) is 0 Å². The normalized spacial score (nSPS) is 14.6. The SMILES string of the molecule is CCCC(OC)C(Cc1nc2ccccc2n1C)NN. The summed E-state index contributed by atoms with van der Waals surface area (Å²) in [6, 6.07) is 8.21. The topological polar surface area (TPSA) is 65.1 Å². The first kappa shape index (κ1) is 15.0. The predicted molar refractivity (Wildman–Crippen MR) is 81.2 cm³/mol. The van der Waals surface area contributed by atoms with Gasteiger partial charge in [0.2, 0.25) is 0 Å². The number of fused-ring (bicyclic) bond motifs is 1. The van der Waals surface area contributed by atoms with Gasteiger partial charge in [-0.05, 0) is 18.6 Å². The maximum absolute atomic E-state index is 5.70. The van der Waals surface area contributed by atoms with Gasteiger partial charge < -0.3 is 9.30 Å². The molecule has 0 fully saturated rings. The first-order chi connectivity index (χ1) is 9.71. The summed E-state index contributed by atoms with van der Waals surface area (Å²) in [7, 11) is 3.78. The van der Waals surface area contributed by atoms with Gasteiger partial charge in [-0.1, -0.05) is 25.5 Å². The second kappa shape index (κ2) is 6.83. The zero-order valence-electron chi connectivity index (χ0n) is 12.5. The molecule has 2 rings (SSSR count). The van der Waals surface area contributed by atoms with Crippen LogP contribution >= 0.6 is 0 Å². The molecule has 0 spiro atoms. The van der Waals surface area contributed by atoms with Crippen LogP contribution in [0.4, 0.5) is 0 Å². The molecule has 2 unspecified atom stereocenters. The molecule has 1 aromatic carbocycles. The fourth-order valence-electron chi connectivity index (χ4n) is 2.64. The van der Waals surface area contributed by atoms with Gasteiger partial charge in [-0.3, -0.25) is 11.3 Å². The number of hydrogen-bond donors (Lipinski definition) is 2. The maximum atomic E-state index is 5.70. The molecule has 0 saturated carbocycles. The average molecular weight is 276 g/mol. The van der Waals surface area contributed by atoms with Crippen molar-refractivity contribution >= 4 is 11.0 Å². The Balaban J connectivity index is 2.22. The largest absolute Gasteiger partial charge is 0.380 e. The number of hydrazine groups is 1. The number of aryl methyl sites for hydroxylation is 1. The number of imidazole rings is 1. The van der Waals surface area contributed by atoms with Crippen molar-refractivity contribution in [2.24, 2.45) is 12.9 Å². The van der Waals surface area contributed by atoms with Crippen LogP contribution < -0.4 is 11.3 Å². The highest BCUT2D eigenvalue weighted by Crippen LogP contribution is 2.17. The highest BCUT2D eigenvalue weighted by molar-refractivity contribution is 5.75. The second-order valence-corrected chi connectivity index (χ2v) is 5.12. The lowest BCUT2D eigenvalue weighted by atomic mass is 10.0. The molecule has 110 valence electrons. The lowest BCUT2D eigenvalue weighted by molar-refractivity contribution is 0.0601. The molecule has 0 bridgehead atoms. The zero-order chi connectivity index (χ0) is 14.5. The van der Waals surface area contributed by atoms with Crippen LogP contribution in [0.5, 0.6) is 0 Å². The molecule has 1 aromatic heterocycles. The van der Waals surface area contributed by atoms with Crippen molar-refractivity contribution in [3.63, 3.8) is 0 Å². The van der Waals surface area contributed by atoms with Gasteiger partial charge in [-0.2, -0.15) is 0 Å². The van der Waals surface area contributed by atoms with Gasteiger partial charge in [-0.15, -0.1) is 0 Å². The Morgan fingerprint density at radius 3 is 2.75 bits per heavy atom. The molecule has 2 atom stereocenters. The minimum absolute atomic E-state index is 0.0652. The Morgan fingerprint density at radius 2 is 2.15 bits per heavy atom. The summed E-state index contributed by atoms with van der Waals surface area (Å²) < 4.78 is 7.67. The Kier molecular flexibility index (Phi) is 5.11. The fourth-order valence-corrected chi connectivity index (χ4v) is 2.64. The molecule has 0 aliphatic rings. The van der Waals surface area contributed by atoms with Crippen LogP contribution in [0.2, 0.25) is 0 Å². The van der Waals surface area contributed by atoms with Crippen LogP contribution in [0.3, 0.4) is 0 Å². The van der Waals surface area contributed by atoms with Crippen LogP contribution in [0.15, 0.2) is 24.3 Å². The van der Waals surface area contributed by atoms with Gasteiger partial charge in [-0.25, -0.2) is 4.98 Å². The summed E-state index contributed by atoms with van der Waals surface area (Å²) >= 11 is 0. The number of para-hydroxylation sites is 2. The van der Waals surface area contributed by atoms with Gasteiger partial charge >= 0.3 is 0 Å². The molecule has 20 heavy (non-hydrogen) atoms. The third-order valence-electron chi connectivity index (χ3n) is 3.82. The Bertz CT molecular complexity index is 552. The Labute approximate surface area is 120 Å². The predicted octanol–water partition coefficient (Wildman–Crippen LogP) is 1.76. The number of rotatable bonds is 7. The number of methoxy groups -OCH3 is 1. The van der Waals surface area contributed by atoms with Crippen LogP contribution in [-0.2, 0) is 18.2 Å². The van der Waals surface area contributed by atoms with E-state index in [1.54, 1.807) is 7.11 Å².